The average Bonchev–Trinajstić information content (AvgIpc) is 3.03. The predicted molar refractivity (Wildman–Crippen MR) is 108 cm³/mol. The Morgan fingerprint density at radius 1 is 1.43 bits per heavy atom. The van der Waals surface area contributed by atoms with Gasteiger partial charge < -0.3 is 36.2 Å². The first kappa shape index (κ1) is 22.2. The number of nitrogens with zero attached hydrogens (tertiary/aromatic N) is 2. The normalized spacial score (nSPS) is 24.8. The van der Waals surface area contributed by atoms with Crippen LogP contribution in [0.2, 0.25) is 0 Å². The molecule has 30 heavy (non-hydrogen) atoms. The SMILES string of the molecule is CC1NC=C(C2SC=C(NC(=O)CNC3=C(N)N(C)COC3)N2C)C=C1C(F)(F)F. The molecule has 0 saturated heterocycles. The van der Waals surface area contributed by atoms with E-state index in [-0.39, 0.29) is 24.4 Å². The van der Waals surface area contributed by atoms with Crippen molar-refractivity contribution in [2.24, 2.45) is 5.73 Å². The second kappa shape index (κ2) is 8.72. The average molecular weight is 446 g/mol. The zero-order valence-electron chi connectivity index (χ0n) is 16.8. The molecule has 0 aromatic heterocycles. The Kier molecular flexibility index (Phi) is 6.46. The minimum atomic E-state index is -4.41. The Balaban J connectivity index is 1.58. The number of halogens is 3. The molecule has 3 rings (SSSR count). The number of amides is 1. The van der Waals surface area contributed by atoms with Crippen molar-refractivity contribution >= 4 is 17.7 Å². The molecule has 166 valence electrons. The van der Waals surface area contributed by atoms with Crippen molar-refractivity contribution in [1.29, 1.82) is 0 Å². The number of nitrogens with two attached hydrogens (primary N) is 1. The maximum absolute atomic E-state index is 13.2. The van der Waals surface area contributed by atoms with E-state index >= 15 is 0 Å². The predicted octanol–water partition coefficient (Wildman–Crippen LogP) is 0.907. The van der Waals surface area contributed by atoms with Gasteiger partial charge in [-0.1, -0.05) is 0 Å². The number of likely N-dealkylation sites (N-methyl/N-ethyl adjacent to an activating group) is 1. The first-order valence-corrected chi connectivity index (χ1v) is 10.2. The van der Waals surface area contributed by atoms with Gasteiger partial charge in [-0.05, 0) is 13.0 Å². The number of rotatable bonds is 5. The van der Waals surface area contributed by atoms with Crippen molar-refractivity contribution in [2.45, 2.75) is 24.5 Å². The molecule has 1 amide bonds. The topological polar surface area (TPSA) is 94.9 Å². The second-order valence-electron chi connectivity index (χ2n) is 7.17. The van der Waals surface area contributed by atoms with Gasteiger partial charge in [0, 0.05) is 31.3 Å². The van der Waals surface area contributed by atoms with E-state index in [2.05, 4.69) is 16.0 Å². The third kappa shape index (κ3) is 4.81. The van der Waals surface area contributed by atoms with Crippen LogP contribution in [-0.2, 0) is 9.53 Å². The number of hydrogen-bond donors (Lipinski definition) is 4. The van der Waals surface area contributed by atoms with Crippen LogP contribution in [-0.4, -0.2) is 67.3 Å². The molecule has 0 radical (unpaired) electrons. The third-order valence-electron chi connectivity index (χ3n) is 4.92. The summed E-state index contributed by atoms with van der Waals surface area (Å²) in [5.41, 5.74) is 6.43. The van der Waals surface area contributed by atoms with Crippen molar-refractivity contribution in [3.63, 3.8) is 0 Å². The molecule has 0 fully saturated rings. The van der Waals surface area contributed by atoms with Gasteiger partial charge in [-0.25, -0.2) is 0 Å². The number of thioether (sulfide) groups is 1. The van der Waals surface area contributed by atoms with Crippen LogP contribution in [0.25, 0.3) is 0 Å². The summed E-state index contributed by atoms with van der Waals surface area (Å²) in [4.78, 5) is 15.8. The number of nitrogens with one attached hydrogen (secondary N) is 3. The van der Waals surface area contributed by atoms with Crippen molar-refractivity contribution < 1.29 is 22.7 Å². The molecule has 8 nitrogen and oxygen atoms in total. The molecule has 0 aliphatic carbocycles. The molecule has 0 aromatic rings. The second-order valence-corrected chi connectivity index (χ2v) is 8.13. The van der Waals surface area contributed by atoms with Crippen LogP contribution in [0.1, 0.15) is 6.92 Å². The molecule has 3 heterocycles. The zero-order valence-corrected chi connectivity index (χ0v) is 17.7. The molecule has 12 heteroatoms. The van der Waals surface area contributed by atoms with E-state index < -0.39 is 17.8 Å². The van der Waals surface area contributed by atoms with E-state index in [0.29, 0.717) is 29.6 Å². The van der Waals surface area contributed by atoms with E-state index in [0.717, 1.165) is 0 Å². The van der Waals surface area contributed by atoms with Crippen LogP contribution >= 0.6 is 11.8 Å². The highest BCUT2D eigenvalue weighted by atomic mass is 32.2. The number of carbonyl (C=O) groups excluding carboxylic acids is 1. The molecule has 5 N–H and O–H groups in total. The molecule has 0 spiro atoms. The Hall–Kier alpha value is -2.47. The molecule has 0 aromatic carbocycles. The molecule has 0 saturated carbocycles. The van der Waals surface area contributed by atoms with Crippen molar-refractivity contribution in [1.82, 2.24) is 25.8 Å². The van der Waals surface area contributed by atoms with Gasteiger partial charge in [0.1, 0.15) is 23.7 Å². The van der Waals surface area contributed by atoms with Gasteiger partial charge in [-0.2, -0.15) is 13.2 Å². The van der Waals surface area contributed by atoms with Crippen molar-refractivity contribution in [3.8, 4) is 0 Å². The van der Waals surface area contributed by atoms with Gasteiger partial charge in [0.2, 0.25) is 5.91 Å². The Morgan fingerprint density at radius 2 is 2.17 bits per heavy atom. The van der Waals surface area contributed by atoms with Gasteiger partial charge in [0.15, 0.2) is 0 Å². The minimum absolute atomic E-state index is 0.0202. The number of ether oxygens (including phenoxy) is 1. The molecule has 3 aliphatic rings. The molecule has 0 bridgehead atoms. The Bertz CT molecular complexity index is 823. The summed E-state index contributed by atoms with van der Waals surface area (Å²) in [5.74, 6) is 0.719. The molecular weight excluding hydrogens is 421 g/mol. The number of carbonyl (C=O) groups is 1. The van der Waals surface area contributed by atoms with Gasteiger partial charge in [0.25, 0.3) is 0 Å². The Labute approximate surface area is 177 Å². The minimum Gasteiger partial charge on any atom is -0.384 e. The summed E-state index contributed by atoms with van der Waals surface area (Å²) in [6.07, 6.45) is -1.65. The first-order valence-electron chi connectivity index (χ1n) is 9.22. The summed E-state index contributed by atoms with van der Waals surface area (Å²) in [6.45, 7) is 2.12. The Morgan fingerprint density at radius 3 is 2.87 bits per heavy atom. The van der Waals surface area contributed by atoms with E-state index in [4.69, 9.17) is 10.5 Å². The number of hydrogen-bond acceptors (Lipinski definition) is 8. The lowest BCUT2D eigenvalue weighted by atomic mass is 10.0. The largest absolute Gasteiger partial charge is 0.414 e. The monoisotopic (exact) mass is 446 g/mol. The smallest absolute Gasteiger partial charge is 0.384 e. The highest BCUT2D eigenvalue weighted by Gasteiger charge is 2.39. The summed E-state index contributed by atoms with van der Waals surface area (Å²) in [6, 6.07) is -0.812. The lowest BCUT2D eigenvalue weighted by molar-refractivity contribution is -0.119. The molecule has 3 aliphatic heterocycles. The zero-order chi connectivity index (χ0) is 22.1. The highest BCUT2D eigenvalue weighted by molar-refractivity contribution is 8.03. The number of dihydropyridines is 1. The standard InChI is InChI=1S/C18H25F3N6O2S/c1-10-12(18(19,20)21)4-11(5-23-10)17-27(3)14(8-30-17)25-15(28)6-24-13-7-29-9-26(2)16(13)22/h4-5,8,10,17,23-24H,6-7,9,22H2,1-3H3,(H,25,28). The van der Waals surface area contributed by atoms with Crippen LogP contribution in [0.4, 0.5) is 13.2 Å². The first-order chi connectivity index (χ1) is 14.1. The fraction of sp³-hybridized carbons (Fsp3) is 0.500. The summed E-state index contributed by atoms with van der Waals surface area (Å²) < 4.78 is 45.0. The van der Waals surface area contributed by atoms with Gasteiger partial charge >= 0.3 is 6.18 Å². The highest BCUT2D eigenvalue weighted by Crippen LogP contribution is 2.38. The number of alkyl halides is 3. The van der Waals surface area contributed by atoms with Crippen LogP contribution in [0.3, 0.4) is 0 Å². The van der Waals surface area contributed by atoms with Crippen LogP contribution in [0.5, 0.6) is 0 Å². The maximum atomic E-state index is 13.2. The third-order valence-corrected chi connectivity index (χ3v) is 6.13. The summed E-state index contributed by atoms with van der Waals surface area (Å²) in [5, 5.41) is 9.82. The van der Waals surface area contributed by atoms with Crippen LogP contribution in [0, 0.1) is 0 Å². The lowest BCUT2D eigenvalue weighted by Crippen LogP contribution is -2.43. The van der Waals surface area contributed by atoms with Crippen LogP contribution < -0.4 is 21.7 Å². The van der Waals surface area contributed by atoms with Gasteiger partial charge in [-0.3, -0.25) is 4.79 Å². The quantitative estimate of drug-likeness (QED) is 0.495. The molecule has 2 unspecified atom stereocenters. The lowest BCUT2D eigenvalue weighted by Gasteiger charge is -2.30. The van der Waals surface area contributed by atoms with Gasteiger partial charge in [0.05, 0.1) is 30.5 Å². The molecule has 2 atom stereocenters. The van der Waals surface area contributed by atoms with E-state index in [1.54, 1.807) is 35.5 Å². The van der Waals surface area contributed by atoms with Crippen LogP contribution in [0.15, 0.2) is 46.2 Å². The van der Waals surface area contributed by atoms with E-state index in [9.17, 15) is 18.0 Å². The summed E-state index contributed by atoms with van der Waals surface area (Å²) >= 11 is 1.32. The van der Waals surface area contributed by atoms with Gasteiger partial charge in [-0.15, -0.1) is 11.8 Å². The molecular formula is C18H25F3N6O2S. The summed E-state index contributed by atoms with van der Waals surface area (Å²) in [7, 11) is 3.49. The maximum Gasteiger partial charge on any atom is 0.414 e. The van der Waals surface area contributed by atoms with Crippen molar-refractivity contribution in [2.75, 3.05) is 34.0 Å². The van der Waals surface area contributed by atoms with E-state index in [1.165, 1.54) is 24.8 Å². The fourth-order valence-corrected chi connectivity index (χ4v) is 4.22. The van der Waals surface area contributed by atoms with E-state index in [1.807, 2.05) is 0 Å². The fourth-order valence-electron chi connectivity index (χ4n) is 3.15. The van der Waals surface area contributed by atoms with Crippen molar-refractivity contribution in [3.05, 3.63) is 46.2 Å².